The zero-order chi connectivity index (χ0) is 15.0. The third-order valence-corrected chi connectivity index (χ3v) is 4.12. The molecule has 1 aromatic rings. The zero-order valence-electron chi connectivity index (χ0n) is 12.4. The number of fused-ring (bicyclic) bond motifs is 3. The van der Waals surface area contributed by atoms with Crippen molar-refractivity contribution in [3.05, 3.63) is 35.7 Å². The van der Waals surface area contributed by atoms with Gasteiger partial charge in [0.25, 0.3) is 0 Å². The molecular formula is C15H18N5O+. The van der Waals surface area contributed by atoms with E-state index in [1.165, 1.54) is 7.05 Å². The number of aromatic nitrogens is 1. The van der Waals surface area contributed by atoms with E-state index in [9.17, 15) is 4.79 Å². The van der Waals surface area contributed by atoms with Gasteiger partial charge in [0.05, 0.1) is 0 Å². The number of rotatable bonds is 1. The highest BCUT2D eigenvalue weighted by molar-refractivity contribution is 5.98. The van der Waals surface area contributed by atoms with E-state index in [4.69, 9.17) is 0 Å². The van der Waals surface area contributed by atoms with Crippen molar-refractivity contribution in [2.45, 2.75) is 26.3 Å². The molecule has 6 heteroatoms. The molecule has 0 spiro atoms. The van der Waals surface area contributed by atoms with Crippen molar-refractivity contribution in [2.75, 3.05) is 18.5 Å². The second-order valence-corrected chi connectivity index (χ2v) is 5.94. The van der Waals surface area contributed by atoms with Gasteiger partial charge in [-0.1, -0.05) is 19.9 Å². The van der Waals surface area contributed by atoms with Crippen LogP contribution < -0.4 is 9.81 Å². The fraction of sp³-hybridized carbons (Fsp3) is 0.467. The molecule has 108 valence electrons. The van der Waals surface area contributed by atoms with Gasteiger partial charge in [-0.15, -0.1) is 0 Å². The summed E-state index contributed by atoms with van der Waals surface area (Å²) in [6.45, 7) is 5.16. The number of hydrogen-bond donors (Lipinski definition) is 0. The van der Waals surface area contributed by atoms with E-state index in [2.05, 4.69) is 38.9 Å². The van der Waals surface area contributed by atoms with Gasteiger partial charge in [-0.3, -0.25) is 4.79 Å². The Hall–Kier alpha value is -2.33. The van der Waals surface area contributed by atoms with Crippen molar-refractivity contribution in [1.82, 2.24) is 9.90 Å². The minimum Gasteiger partial charge on any atom is -0.329 e. The van der Waals surface area contributed by atoms with Crippen molar-refractivity contribution in [3.8, 4) is 0 Å². The summed E-state index contributed by atoms with van der Waals surface area (Å²) in [6.07, 6.45) is 4.45. The highest BCUT2D eigenvalue weighted by atomic mass is 16.1. The minimum absolute atomic E-state index is 0.0361. The third-order valence-electron chi connectivity index (χ3n) is 4.12. The van der Waals surface area contributed by atoms with E-state index >= 15 is 0 Å². The Labute approximate surface area is 123 Å². The number of hydrogen-bond acceptors (Lipinski definition) is 5. The van der Waals surface area contributed by atoms with Gasteiger partial charge in [-0.2, -0.15) is 0 Å². The minimum atomic E-state index is -0.661. The number of pyridine rings is 1. The molecule has 1 atom stereocenters. The van der Waals surface area contributed by atoms with Gasteiger partial charge in [-0.05, 0) is 12.5 Å². The molecule has 6 nitrogen and oxygen atoms in total. The lowest BCUT2D eigenvalue weighted by molar-refractivity contribution is -0.116. The number of allylic oxidation sites excluding steroid dienone is 1. The van der Waals surface area contributed by atoms with Gasteiger partial charge in [0.15, 0.2) is 5.78 Å². The summed E-state index contributed by atoms with van der Waals surface area (Å²) in [6, 6.07) is 3.05. The number of nitrogens with zero attached hydrogens (tertiary/aromatic N) is 5. The standard InChI is InChI=1S/C15H18N5O/c1-15(2)6-8-20-12(15)9-11(21)13(18-19-16-3)10-5-4-7-17-14(10)20/h4-5,7,9,13H,6,8H2,1-3H3/q+1. The molecule has 0 aliphatic carbocycles. The summed E-state index contributed by atoms with van der Waals surface area (Å²) in [5, 5.41) is 7.68. The lowest BCUT2D eigenvalue weighted by Gasteiger charge is -2.24. The molecule has 0 saturated carbocycles. The van der Waals surface area contributed by atoms with Crippen LogP contribution in [0.15, 0.2) is 40.3 Å². The second-order valence-electron chi connectivity index (χ2n) is 5.94. The summed E-state index contributed by atoms with van der Waals surface area (Å²) in [4.78, 5) is 22.9. The van der Waals surface area contributed by atoms with E-state index in [1.54, 1.807) is 12.3 Å². The average Bonchev–Trinajstić information content (AvgIpc) is 2.68. The first-order valence-electron chi connectivity index (χ1n) is 7.02. The third kappa shape index (κ3) is 2.17. The van der Waals surface area contributed by atoms with E-state index in [0.29, 0.717) is 0 Å². The number of anilines is 1. The molecule has 1 aromatic heterocycles. The van der Waals surface area contributed by atoms with Crippen LogP contribution in [-0.4, -0.2) is 24.4 Å². The normalized spacial score (nSPS) is 22.6. The Morgan fingerprint density at radius 2 is 2.29 bits per heavy atom. The molecule has 0 radical (unpaired) electrons. The molecule has 1 unspecified atom stereocenters. The van der Waals surface area contributed by atoms with Crippen LogP contribution in [0.25, 0.3) is 0 Å². The number of ketones is 1. The first-order valence-corrected chi connectivity index (χ1v) is 7.02. The highest BCUT2D eigenvalue weighted by Gasteiger charge is 2.42. The molecule has 1 fully saturated rings. The first kappa shape index (κ1) is 13.6. The zero-order valence-corrected chi connectivity index (χ0v) is 12.4. The SMILES string of the molecule is CN=[N+]=NC1C(=O)C=C2N(CCC2(C)C)c2ncccc21. The summed E-state index contributed by atoms with van der Waals surface area (Å²) in [5.41, 5.74) is 1.77. The van der Waals surface area contributed by atoms with E-state index in [0.717, 1.165) is 30.0 Å². The number of carbonyl (C=O) groups excluding carboxylic acids is 1. The Kier molecular flexibility index (Phi) is 3.18. The van der Waals surface area contributed by atoms with Crippen LogP contribution in [0.2, 0.25) is 0 Å². The van der Waals surface area contributed by atoms with Crippen molar-refractivity contribution >= 4 is 11.6 Å². The van der Waals surface area contributed by atoms with Gasteiger partial charge in [0.2, 0.25) is 11.0 Å². The average molecular weight is 284 g/mol. The largest absolute Gasteiger partial charge is 0.329 e. The van der Waals surface area contributed by atoms with Gasteiger partial charge < -0.3 is 4.90 Å². The smallest absolute Gasteiger partial charge is 0.224 e. The predicted molar refractivity (Wildman–Crippen MR) is 78.7 cm³/mol. The van der Waals surface area contributed by atoms with Gasteiger partial charge in [0, 0.05) is 35.5 Å². The van der Waals surface area contributed by atoms with Crippen LogP contribution in [-0.2, 0) is 4.79 Å². The van der Waals surface area contributed by atoms with Crippen molar-refractivity contribution in [1.29, 1.82) is 0 Å². The summed E-state index contributed by atoms with van der Waals surface area (Å²) < 4.78 is 0. The molecule has 1 saturated heterocycles. The maximum Gasteiger partial charge on any atom is 0.224 e. The maximum absolute atomic E-state index is 12.6. The summed E-state index contributed by atoms with van der Waals surface area (Å²) in [7, 11) is 1.54. The molecule has 2 aliphatic heterocycles. The molecule has 3 rings (SSSR count). The Balaban J connectivity index is 2.21. The van der Waals surface area contributed by atoms with Crippen LogP contribution in [0.3, 0.4) is 0 Å². The van der Waals surface area contributed by atoms with Crippen LogP contribution in [0.4, 0.5) is 5.82 Å². The van der Waals surface area contributed by atoms with Crippen LogP contribution in [0.5, 0.6) is 0 Å². The summed E-state index contributed by atoms with van der Waals surface area (Å²) >= 11 is 0. The van der Waals surface area contributed by atoms with E-state index < -0.39 is 6.04 Å². The molecule has 0 N–H and O–H groups in total. The quantitative estimate of drug-likeness (QED) is 0.587. The Morgan fingerprint density at radius 1 is 1.48 bits per heavy atom. The lowest BCUT2D eigenvalue weighted by Crippen LogP contribution is -2.21. The number of carbonyl (C=O) groups is 1. The van der Waals surface area contributed by atoms with E-state index in [1.807, 2.05) is 12.1 Å². The van der Waals surface area contributed by atoms with Gasteiger partial charge in [0.1, 0.15) is 23.1 Å². The van der Waals surface area contributed by atoms with Crippen LogP contribution in [0.1, 0.15) is 31.9 Å². The Bertz CT molecular complexity index is 685. The van der Waals surface area contributed by atoms with Crippen LogP contribution >= 0.6 is 0 Å². The fourth-order valence-electron chi connectivity index (χ4n) is 2.94. The molecule has 2 aliphatic rings. The topological polar surface area (TPSA) is 72.0 Å². The molecule has 0 aromatic carbocycles. The molecule has 0 bridgehead atoms. The molecule has 21 heavy (non-hydrogen) atoms. The van der Waals surface area contributed by atoms with E-state index in [-0.39, 0.29) is 11.2 Å². The fourth-order valence-corrected chi connectivity index (χ4v) is 2.94. The maximum atomic E-state index is 12.6. The van der Waals surface area contributed by atoms with Crippen molar-refractivity contribution in [3.63, 3.8) is 0 Å². The molecule has 3 heterocycles. The van der Waals surface area contributed by atoms with Crippen molar-refractivity contribution < 1.29 is 4.79 Å². The van der Waals surface area contributed by atoms with Crippen molar-refractivity contribution in [2.24, 2.45) is 15.6 Å². The Morgan fingerprint density at radius 3 is 3.05 bits per heavy atom. The van der Waals surface area contributed by atoms with Crippen LogP contribution in [0, 0.1) is 5.41 Å². The predicted octanol–water partition coefficient (Wildman–Crippen LogP) is 2.43. The van der Waals surface area contributed by atoms with Gasteiger partial charge >= 0.3 is 0 Å². The molecular weight excluding hydrogens is 266 g/mol. The highest BCUT2D eigenvalue weighted by Crippen LogP contribution is 2.45. The summed E-state index contributed by atoms with van der Waals surface area (Å²) in [5.74, 6) is 0.740. The molecule has 0 amide bonds. The lowest BCUT2D eigenvalue weighted by atomic mass is 9.88. The second kappa shape index (κ2) is 4.90. The van der Waals surface area contributed by atoms with Gasteiger partial charge in [-0.25, -0.2) is 4.98 Å². The first-order chi connectivity index (χ1) is 10.0. The monoisotopic (exact) mass is 284 g/mol.